The molecule has 6 heteroatoms. The molecule has 1 atom stereocenters. The Balaban J connectivity index is 1.70. The summed E-state index contributed by atoms with van der Waals surface area (Å²) in [6, 6.07) is 10.6. The molecule has 1 aromatic carbocycles. The molecule has 3 aromatic rings. The van der Waals surface area contributed by atoms with Gasteiger partial charge in [0, 0.05) is 36.7 Å². The van der Waals surface area contributed by atoms with Crippen LogP contribution in [0.2, 0.25) is 0 Å². The maximum atomic E-state index is 13.2. The highest BCUT2D eigenvalue weighted by molar-refractivity contribution is 5.75. The lowest BCUT2D eigenvalue weighted by atomic mass is 10.1. The second-order valence-corrected chi connectivity index (χ2v) is 6.24. The molecule has 0 saturated carbocycles. The van der Waals surface area contributed by atoms with Gasteiger partial charge in [0.2, 0.25) is 0 Å². The smallest absolute Gasteiger partial charge is 0.156 e. The lowest BCUT2D eigenvalue weighted by Crippen LogP contribution is -2.38. The fourth-order valence-electron chi connectivity index (χ4n) is 3.12. The number of pyridine rings is 1. The van der Waals surface area contributed by atoms with Crippen LogP contribution in [0.1, 0.15) is 12.8 Å². The number of rotatable bonds is 4. The number of benzene rings is 1. The highest BCUT2D eigenvalue weighted by Crippen LogP contribution is 2.29. The minimum Gasteiger partial charge on any atom is -0.364 e. The minimum atomic E-state index is -0.253. The zero-order chi connectivity index (χ0) is 17.1. The average Bonchev–Trinajstić information content (AvgIpc) is 3.08. The van der Waals surface area contributed by atoms with Crippen LogP contribution in [-0.2, 0) is 0 Å². The van der Waals surface area contributed by atoms with Gasteiger partial charge in [-0.15, -0.1) is 5.10 Å². The molecule has 0 bridgehead atoms. The van der Waals surface area contributed by atoms with Crippen molar-refractivity contribution in [1.82, 2.24) is 20.1 Å². The molecule has 25 heavy (non-hydrogen) atoms. The van der Waals surface area contributed by atoms with Crippen molar-refractivity contribution in [1.29, 1.82) is 0 Å². The first-order valence-corrected chi connectivity index (χ1v) is 8.53. The Hall–Kier alpha value is -2.73. The molecular weight excluding hydrogens is 317 g/mol. The van der Waals surface area contributed by atoms with Gasteiger partial charge in [-0.2, -0.15) is 0 Å². The van der Waals surface area contributed by atoms with E-state index in [2.05, 4.69) is 15.6 Å². The van der Waals surface area contributed by atoms with Gasteiger partial charge in [-0.25, -0.2) is 9.07 Å². The number of nitrogens with zero attached hydrogens (tertiary/aromatic N) is 3. The number of hydrogen-bond donors (Lipinski definition) is 2. The zero-order valence-corrected chi connectivity index (χ0v) is 13.8. The number of piperidine rings is 1. The number of halogens is 1. The Morgan fingerprint density at radius 1 is 1.12 bits per heavy atom. The third-order valence-corrected chi connectivity index (χ3v) is 4.43. The predicted molar refractivity (Wildman–Crippen MR) is 96.3 cm³/mol. The summed E-state index contributed by atoms with van der Waals surface area (Å²) in [5.74, 6) is 0.584. The van der Waals surface area contributed by atoms with Gasteiger partial charge in [0.15, 0.2) is 5.82 Å². The largest absolute Gasteiger partial charge is 0.364 e. The first-order chi connectivity index (χ1) is 12.3. The molecule has 0 radical (unpaired) electrons. The molecule has 128 valence electrons. The molecule has 2 N–H and O–H groups in total. The van der Waals surface area contributed by atoms with E-state index in [1.165, 1.54) is 12.1 Å². The standard InChI is InChI=1S/C19H20FN5/c20-15-3-5-17(6-4-15)25-13-18(14-7-10-21-11-8-14)19(24-25)23-16-2-1-9-22-12-16/h3-8,10-11,13,16,22H,1-2,9,12H2,(H,23,24). The minimum absolute atomic E-state index is 0.253. The maximum absolute atomic E-state index is 13.2. The molecule has 3 heterocycles. The normalized spacial score (nSPS) is 17.4. The van der Waals surface area contributed by atoms with E-state index in [0.717, 1.165) is 48.6 Å². The van der Waals surface area contributed by atoms with Crippen molar-refractivity contribution in [2.24, 2.45) is 0 Å². The first kappa shape index (κ1) is 15.8. The third-order valence-electron chi connectivity index (χ3n) is 4.43. The summed E-state index contributed by atoms with van der Waals surface area (Å²) in [6.45, 7) is 2.00. The molecular formula is C19H20FN5. The van der Waals surface area contributed by atoms with Gasteiger partial charge in [0.1, 0.15) is 5.82 Å². The summed E-state index contributed by atoms with van der Waals surface area (Å²) in [7, 11) is 0. The zero-order valence-electron chi connectivity index (χ0n) is 13.8. The van der Waals surface area contributed by atoms with Crippen LogP contribution >= 0.6 is 0 Å². The predicted octanol–water partition coefficient (Wildman–Crippen LogP) is 3.24. The Kier molecular flexibility index (Phi) is 4.43. The van der Waals surface area contributed by atoms with Gasteiger partial charge in [-0.05, 0) is 61.3 Å². The molecule has 2 aromatic heterocycles. The molecule has 0 spiro atoms. The molecule has 1 aliphatic rings. The third kappa shape index (κ3) is 3.53. The molecule has 1 aliphatic heterocycles. The fourth-order valence-corrected chi connectivity index (χ4v) is 3.12. The number of nitrogens with one attached hydrogen (secondary N) is 2. The van der Waals surface area contributed by atoms with Gasteiger partial charge in [0.05, 0.1) is 5.69 Å². The molecule has 4 rings (SSSR count). The maximum Gasteiger partial charge on any atom is 0.156 e. The lowest BCUT2D eigenvalue weighted by Gasteiger charge is -2.24. The monoisotopic (exact) mass is 337 g/mol. The molecule has 1 saturated heterocycles. The average molecular weight is 337 g/mol. The van der Waals surface area contributed by atoms with Crippen molar-refractivity contribution in [3.05, 3.63) is 60.8 Å². The SMILES string of the molecule is Fc1ccc(-n2cc(-c3ccncc3)c(NC3CCCNC3)n2)cc1. The highest BCUT2D eigenvalue weighted by Gasteiger charge is 2.18. The van der Waals surface area contributed by atoms with E-state index < -0.39 is 0 Å². The second kappa shape index (κ2) is 7.03. The van der Waals surface area contributed by atoms with E-state index in [1.54, 1.807) is 29.2 Å². The molecule has 0 aliphatic carbocycles. The van der Waals surface area contributed by atoms with Gasteiger partial charge < -0.3 is 10.6 Å². The van der Waals surface area contributed by atoms with E-state index in [4.69, 9.17) is 5.10 Å². The Morgan fingerprint density at radius 3 is 2.64 bits per heavy atom. The number of anilines is 1. The van der Waals surface area contributed by atoms with Crippen LogP contribution in [0.5, 0.6) is 0 Å². The quantitative estimate of drug-likeness (QED) is 0.767. The van der Waals surface area contributed by atoms with Crippen molar-refractivity contribution >= 4 is 5.82 Å². The number of aromatic nitrogens is 3. The summed E-state index contributed by atoms with van der Waals surface area (Å²) in [6.07, 6.45) is 7.79. The van der Waals surface area contributed by atoms with Crippen molar-refractivity contribution in [2.45, 2.75) is 18.9 Å². The van der Waals surface area contributed by atoms with Crippen LogP contribution in [0.15, 0.2) is 55.0 Å². The van der Waals surface area contributed by atoms with Crippen LogP contribution in [0.25, 0.3) is 16.8 Å². The van der Waals surface area contributed by atoms with Gasteiger partial charge >= 0.3 is 0 Å². The highest BCUT2D eigenvalue weighted by atomic mass is 19.1. The molecule has 5 nitrogen and oxygen atoms in total. The van der Waals surface area contributed by atoms with E-state index in [1.807, 2.05) is 18.3 Å². The van der Waals surface area contributed by atoms with Crippen molar-refractivity contribution in [2.75, 3.05) is 18.4 Å². The summed E-state index contributed by atoms with van der Waals surface area (Å²) in [5, 5.41) is 11.7. The fraction of sp³-hybridized carbons (Fsp3) is 0.263. The first-order valence-electron chi connectivity index (χ1n) is 8.53. The molecule has 1 unspecified atom stereocenters. The summed E-state index contributed by atoms with van der Waals surface area (Å²) < 4.78 is 15.0. The van der Waals surface area contributed by atoms with Crippen molar-refractivity contribution in [3.63, 3.8) is 0 Å². The summed E-state index contributed by atoms with van der Waals surface area (Å²) in [4.78, 5) is 4.09. The van der Waals surface area contributed by atoms with Crippen LogP contribution in [-0.4, -0.2) is 33.9 Å². The van der Waals surface area contributed by atoms with Crippen LogP contribution in [0, 0.1) is 5.82 Å². The van der Waals surface area contributed by atoms with Crippen LogP contribution < -0.4 is 10.6 Å². The van der Waals surface area contributed by atoms with Crippen LogP contribution in [0.4, 0.5) is 10.2 Å². The molecule has 0 amide bonds. The number of hydrogen-bond acceptors (Lipinski definition) is 4. The van der Waals surface area contributed by atoms with E-state index >= 15 is 0 Å². The Morgan fingerprint density at radius 2 is 1.92 bits per heavy atom. The summed E-state index contributed by atoms with van der Waals surface area (Å²) >= 11 is 0. The topological polar surface area (TPSA) is 54.8 Å². The van der Waals surface area contributed by atoms with Gasteiger partial charge in [-0.3, -0.25) is 4.98 Å². The van der Waals surface area contributed by atoms with E-state index in [0.29, 0.717) is 6.04 Å². The Labute approximate surface area is 145 Å². The Bertz CT molecular complexity index is 823. The van der Waals surface area contributed by atoms with Crippen molar-refractivity contribution < 1.29 is 4.39 Å². The molecule has 1 fully saturated rings. The van der Waals surface area contributed by atoms with E-state index in [-0.39, 0.29) is 5.82 Å². The van der Waals surface area contributed by atoms with Gasteiger partial charge in [0.25, 0.3) is 0 Å². The van der Waals surface area contributed by atoms with Gasteiger partial charge in [-0.1, -0.05) is 0 Å². The lowest BCUT2D eigenvalue weighted by molar-refractivity contribution is 0.479. The van der Waals surface area contributed by atoms with Crippen molar-refractivity contribution in [3.8, 4) is 16.8 Å². The van der Waals surface area contributed by atoms with Crippen LogP contribution in [0.3, 0.4) is 0 Å². The summed E-state index contributed by atoms with van der Waals surface area (Å²) in [5.41, 5.74) is 2.89. The second-order valence-electron chi connectivity index (χ2n) is 6.24. The van der Waals surface area contributed by atoms with E-state index in [9.17, 15) is 4.39 Å².